The van der Waals surface area contributed by atoms with E-state index in [1.165, 1.54) is 0 Å². The summed E-state index contributed by atoms with van der Waals surface area (Å²) < 4.78 is 11.8. The summed E-state index contributed by atoms with van der Waals surface area (Å²) in [6.07, 6.45) is 0. The second-order valence-corrected chi connectivity index (χ2v) is 8.16. The summed E-state index contributed by atoms with van der Waals surface area (Å²) >= 11 is 23.8. The van der Waals surface area contributed by atoms with Gasteiger partial charge in [-0.3, -0.25) is 0 Å². The average molecular weight is 500 g/mol. The van der Waals surface area contributed by atoms with Gasteiger partial charge in [0, 0.05) is 23.5 Å². The molecule has 0 saturated heterocycles. The number of hydrogen-bond acceptors (Lipinski definition) is 3. The highest BCUT2D eigenvalue weighted by atomic mass is 35.5. The molecule has 0 fully saturated rings. The van der Waals surface area contributed by atoms with Crippen molar-refractivity contribution < 1.29 is 14.6 Å². The van der Waals surface area contributed by atoms with E-state index in [4.69, 9.17) is 55.9 Å². The molecule has 0 bridgehead atoms. The van der Waals surface area contributed by atoms with Gasteiger partial charge in [0.15, 0.2) is 0 Å². The molecule has 0 unspecified atom stereocenters. The summed E-state index contributed by atoms with van der Waals surface area (Å²) in [5.41, 5.74) is 5.40. The Balaban J connectivity index is 1.69. The van der Waals surface area contributed by atoms with Crippen LogP contribution in [0.2, 0.25) is 0 Å². The van der Waals surface area contributed by atoms with Crippen molar-refractivity contribution in [1.29, 1.82) is 0 Å². The van der Waals surface area contributed by atoms with Gasteiger partial charge in [-0.15, -0.1) is 46.4 Å². The Morgan fingerprint density at radius 1 is 0.484 bits per heavy atom. The maximum Gasteiger partial charge on any atom is 0.120 e. The van der Waals surface area contributed by atoms with Gasteiger partial charge >= 0.3 is 0 Å². The maximum atomic E-state index is 10.1. The molecule has 3 aromatic carbocycles. The Labute approximate surface area is 202 Å². The van der Waals surface area contributed by atoms with Crippen molar-refractivity contribution >= 4 is 46.4 Å². The SMILES string of the molecule is Oc1cc(COc2cc(CCl)cc(CCl)c2)cc(COc2cc(CCl)cc(CCl)c2)c1. The van der Waals surface area contributed by atoms with Gasteiger partial charge in [-0.1, -0.05) is 12.1 Å². The first-order valence-corrected chi connectivity index (χ1v) is 11.7. The zero-order valence-corrected chi connectivity index (χ0v) is 19.7. The number of phenols is 1. The molecule has 0 spiro atoms. The second kappa shape index (κ2) is 11.7. The minimum atomic E-state index is 0.145. The van der Waals surface area contributed by atoms with E-state index in [9.17, 15) is 5.11 Å². The summed E-state index contributed by atoms with van der Waals surface area (Å²) in [5, 5.41) is 10.1. The molecule has 0 amide bonds. The lowest BCUT2D eigenvalue weighted by atomic mass is 10.1. The Hall–Kier alpha value is -1.78. The quantitative estimate of drug-likeness (QED) is 0.293. The highest BCUT2D eigenvalue weighted by Crippen LogP contribution is 2.25. The number of hydrogen-bond donors (Lipinski definition) is 1. The van der Waals surface area contributed by atoms with Crippen LogP contribution in [0, 0.1) is 0 Å². The Bertz CT molecular complexity index is 901. The minimum absolute atomic E-state index is 0.145. The van der Waals surface area contributed by atoms with E-state index in [1.807, 2.05) is 42.5 Å². The summed E-state index contributed by atoms with van der Waals surface area (Å²) in [6, 6.07) is 16.7. The van der Waals surface area contributed by atoms with Crippen molar-refractivity contribution in [3.05, 3.63) is 88.0 Å². The van der Waals surface area contributed by atoms with Crippen molar-refractivity contribution in [2.75, 3.05) is 0 Å². The fourth-order valence-electron chi connectivity index (χ4n) is 3.18. The summed E-state index contributed by atoms with van der Waals surface area (Å²) in [4.78, 5) is 0. The molecule has 0 saturated carbocycles. The Morgan fingerprint density at radius 2 is 0.806 bits per heavy atom. The van der Waals surface area contributed by atoms with Crippen molar-refractivity contribution in [3.63, 3.8) is 0 Å². The molecule has 0 heterocycles. The van der Waals surface area contributed by atoms with Crippen LogP contribution in [0.1, 0.15) is 33.4 Å². The summed E-state index contributed by atoms with van der Waals surface area (Å²) in [5.74, 6) is 3.03. The lowest BCUT2D eigenvalue weighted by Crippen LogP contribution is -2.01. The molecular weight excluding hydrogens is 478 g/mol. The zero-order chi connectivity index (χ0) is 22.2. The second-order valence-electron chi connectivity index (χ2n) is 7.09. The molecule has 0 atom stereocenters. The lowest BCUT2D eigenvalue weighted by molar-refractivity contribution is 0.298. The van der Waals surface area contributed by atoms with Gasteiger partial charge in [0.25, 0.3) is 0 Å². The number of halogens is 4. The number of benzene rings is 3. The van der Waals surface area contributed by atoms with Crippen LogP contribution in [-0.2, 0) is 36.7 Å². The van der Waals surface area contributed by atoms with E-state index in [2.05, 4.69) is 0 Å². The van der Waals surface area contributed by atoms with Crippen LogP contribution in [-0.4, -0.2) is 5.11 Å². The molecule has 0 radical (unpaired) electrons. The van der Waals surface area contributed by atoms with Crippen LogP contribution in [0.5, 0.6) is 17.2 Å². The molecule has 3 aromatic rings. The summed E-state index contributed by atoms with van der Waals surface area (Å²) in [7, 11) is 0. The van der Waals surface area contributed by atoms with Gasteiger partial charge in [-0.25, -0.2) is 0 Å². The van der Waals surface area contributed by atoms with Crippen molar-refractivity contribution in [2.24, 2.45) is 0 Å². The first-order valence-electron chi connectivity index (χ1n) is 9.60. The molecule has 0 aliphatic carbocycles. The molecule has 7 heteroatoms. The van der Waals surface area contributed by atoms with E-state index in [0.29, 0.717) is 35.0 Å². The molecule has 31 heavy (non-hydrogen) atoms. The minimum Gasteiger partial charge on any atom is -0.508 e. The monoisotopic (exact) mass is 498 g/mol. The molecular formula is C24H22Cl4O3. The molecule has 3 nitrogen and oxygen atoms in total. The Kier molecular flexibility index (Phi) is 9.03. The lowest BCUT2D eigenvalue weighted by Gasteiger charge is -2.12. The number of ether oxygens (including phenoxy) is 2. The van der Waals surface area contributed by atoms with Crippen molar-refractivity contribution in [2.45, 2.75) is 36.7 Å². The van der Waals surface area contributed by atoms with Crippen molar-refractivity contribution in [1.82, 2.24) is 0 Å². The predicted molar refractivity (Wildman–Crippen MR) is 128 cm³/mol. The highest BCUT2D eigenvalue weighted by Gasteiger charge is 2.07. The van der Waals surface area contributed by atoms with Crippen LogP contribution in [0.3, 0.4) is 0 Å². The largest absolute Gasteiger partial charge is 0.508 e. The van der Waals surface area contributed by atoms with Crippen LogP contribution in [0.15, 0.2) is 54.6 Å². The molecule has 0 aromatic heterocycles. The Morgan fingerprint density at radius 3 is 1.13 bits per heavy atom. The smallest absolute Gasteiger partial charge is 0.120 e. The van der Waals surface area contributed by atoms with E-state index in [-0.39, 0.29) is 19.0 Å². The third kappa shape index (κ3) is 7.11. The third-order valence-electron chi connectivity index (χ3n) is 4.52. The topological polar surface area (TPSA) is 38.7 Å². The third-order valence-corrected chi connectivity index (χ3v) is 5.75. The number of alkyl halides is 4. The highest BCUT2D eigenvalue weighted by molar-refractivity contribution is 6.18. The number of phenolic OH excluding ortho intramolecular Hbond substituents is 1. The first-order chi connectivity index (χ1) is 15.0. The molecule has 164 valence electrons. The van der Waals surface area contributed by atoms with Crippen molar-refractivity contribution in [3.8, 4) is 17.2 Å². The standard InChI is InChI=1S/C24H22Cl4O3/c25-10-16-1-17(11-26)7-23(6-16)30-14-20-3-21(5-22(29)4-20)15-31-24-8-18(12-27)2-19(9-24)13-28/h1-9,29H,10-15H2. The predicted octanol–water partition coefficient (Wildman–Crippen LogP) is 7.51. The van der Waals surface area contributed by atoms with E-state index < -0.39 is 0 Å². The van der Waals surface area contributed by atoms with Gasteiger partial charge in [-0.2, -0.15) is 0 Å². The van der Waals surface area contributed by atoms with E-state index in [1.54, 1.807) is 12.1 Å². The average Bonchev–Trinajstić information content (AvgIpc) is 2.80. The van der Waals surface area contributed by atoms with Gasteiger partial charge in [0.2, 0.25) is 0 Å². The van der Waals surface area contributed by atoms with E-state index in [0.717, 1.165) is 33.4 Å². The van der Waals surface area contributed by atoms with Crippen LogP contribution >= 0.6 is 46.4 Å². The van der Waals surface area contributed by atoms with E-state index >= 15 is 0 Å². The molecule has 1 N–H and O–H groups in total. The normalized spacial score (nSPS) is 10.8. The van der Waals surface area contributed by atoms with Crippen LogP contribution < -0.4 is 9.47 Å². The first kappa shape index (κ1) is 23.9. The molecule has 0 aliphatic rings. The fraction of sp³-hybridized carbons (Fsp3) is 0.250. The number of aromatic hydroxyl groups is 1. The zero-order valence-electron chi connectivity index (χ0n) is 16.7. The maximum absolute atomic E-state index is 10.1. The number of rotatable bonds is 10. The fourth-order valence-corrected chi connectivity index (χ4v) is 3.79. The molecule has 0 aliphatic heterocycles. The van der Waals surface area contributed by atoms with Gasteiger partial charge in [-0.05, 0) is 75.8 Å². The van der Waals surface area contributed by atoms with Gasteiger partial charge in [0.05, 0.1) is 0 Å². The van der Waals surface area contributed by atoms with Gasteiger partial charge < -0.3 is 14.6 Å². The van der Waals surface area contributed by atoms with Crippen LogP contribution in [0.25, 0.3) is 0 Å². The van der Waals surface area contributed by atoms with Crippen LogP contribution in [0.4, 0.5) is 0 Å². The summed E-state index contributed by atoms with van der Waals surface area (Å²) in [6.45, 7) is 0.569. The van der Waals surface area contributed by atoms with Gasteiger partial charge in [0.1, 0.15) is 30.5 Å². The molecule has 3 rings (SSSR count).